The van der Waals surface area contributed by atoms with Gasteiger partial charge in [-0.15, -0.1) is 12.4 Å². The zero-order chi connectivity index (χ0) is 20.5. The largest absolute Gasteiger partial charge is 0.308 e. The van der Waals surface area contributed by atoms with Gasteiger partial charge in [-0.2, -0.15) is 0 Å². The molecule has 0 aliphatic rings. The van der Waals surface area contributed by atoms with Gasteiger partial charge >= 0.3 is 0 Å². The lowest BCUT2D eigenvalue weighted by molar-refractivity contribution is 0.0985. The Balaban J connectivity index is 0.00000300. The quantitative estimate of drug-likeness (QED) is 0.566. The predicted molar refractivity (Wildman–Crippen MR) is 117 cm³/mol. The van der Waals surface area contributed by atoms with Gasteiger partial charge in [0.05, 0.1) is 15.1 Å². The van der Waals surface area contributed by atoms with Crippen LogP contribution in [0, 0.1) is 5.82 Å². The molecule has 10 heteroatoms. The molecule has 0 N–H and O–H groups in total. The van der Waals surface area contributed by atoms with Crippen LogP contribution in [0.4, 0.5) is 9.52 Å². The summed E-state index contributed by atoms with van der Waals surface area (Å²) < 4.78 is 37.4. The average molecular weight is 458 g/mol. The standard InChI is InChI=1S/C19H20FN3O3S2.ClH/c1-22(2)10-11-23(19-21-16-9-6-14(20)12-17(16)27-19)18(24)13-4-7-15(8-5-13)28(3,25)26;/h4-9,12H,10-11H2,1-3H3;1H. The molecule has 1 aromatic heterocycles. The molecule has 1 amide bonds. The summed E-state index contributed by atoms with van der Waals surface area (Å²) in [4.78, 5) is 21.2. The Hall–Kier alpha value is -2.07. The minimum atomic E-state index is -3.34. The molecule has 0 fully saturated rings. The Morgan fingerprint density at radius 1 is 1.10 bits per heavy atom. The molecule has 3 rings (SSSR count). The van der Waals surface area contributed by atoms with Crippen LogP contribution in [-0.4, -0.2) is 57.6 Å². The first-order valence-electron chi connectivity index (χ1n) is 8.48. The first kappa shape index (κ1) is 23.2. The molecule has 29 heavy (non-hydrogen) atoms. The van der Waals surface area contributed by atoms with Gasteiger partial charge in [0.25, 0.3) is 5.91 Å². The van der Waals surface area contributed by atoms with E-state index in [1.54, 1.807) is 6.07 Å². The van der Waals surface area contributed by atoms with Gasteiger partial charge < -0.3 is 4.90 Å². The highest BCUT2D eigenvalue weighted by Crippen LogP contribution is 2.30. The van der Waals surface area contributed by atoms with Crippen molar-refractivity contribution in [2.75, 3.05) is 38.3 Å². The molecule has 0 aliphatic carbocycles. The van der Waals surface area contributed by atoms with Crippen molar-refractivity contribution in [3.63, 3.8) is 0 Å². The SMILES string of the molecule is CN(C)CCN(C(=O)c1ccc(S(C)(=O)=O)cc1)c1nc2ccc(F)cc2s1.Cl. The van der Waals surface area contributed by atoms with Gasteiger partial charge in [-0.25, -0.2) is 17.8 Å². The molecule has 0 unspecified atom stereocenters. The second-order valence-electron chi connectivity index (χ2n) is 6.67. The number of rotatable bonds is 6. The van der Waals surface area contributed by atoms with Crippen LogP contribution in [-0.2, 0) is 9.84 Å². The summed E-state index contributed by atoms with van der Waals surface area (Å²) in [6, 6.07) is 10.1. The molecule has 0 saturated carbocycles. The monoisotopic (exact) mass is 457 g/mol. The van der Waals surface area contributed by atoms with E-state index in [4.69, 9.17) is 0 Å². The third-order valence-corrected chi connectivity index (χ3v) is 6.29. The summed E-state index contributed by atoms with van der Waals surface area (Å²) in [5.41, 5.74) is 0.980. The Morgan fingerprint density at radius 2 is 1.76 bits per heavy atom. The van der Waals surface area contributed by atoms with Crippen LogP contribution < -0.4 is 4.90 Å². The van der Waals surface area contributed by atoms with Gasteiger partial charge in [-0.05, 0) is 56.6 Å². The topological polar surface area (TPSA) is 70.6 Å². The molecule has 2 aromatic carbocycles. The average Bonchev–Trinajstić information content (AvgIpc) is 3.03. The molecule has 3 aromatic rings. The van der Waals surface area contributed by atoms with Crippen LogP contribution in [0.2, 0.25) is 0 Å². The Kier molecular flexibility index (Phi) is 7.34. The Labute approximate surface area is 179 Å². The molecule has 0 bridgehead atoms. The maximum Gasteiger partial charge on any atom is 0.260 e. The van der Waals surface area contributed by atoms with Crippen molar-refractivity contribution in [3.05, 3.63) is 53.8 Å². The van der Waals surface area contributed by atoms with Gasteiger partial charge in [0.2, 0.25) is 0 Å². The van der Waals surface area contributed by atoms with Crippen molar-refractivity contribution >= 4 is 54.8 Å². The summed E-state index contributed by atoms with van der Waals surface area (Å²) in [7, 11) is 0.462. The molecule has 0 saturated heterocycles. The third kappa shape index (κ3) is 5.51. The van der Waals surface area contributed by atoms with Crippen LogP contribution >= 0.6 is 23.7 Å². The normalized spacial score (nSPS) is 11.5. The number of carbonyl (C=O) groups excluding carboxylic acids is 1. The minimum absolute atomic E-state index is 0. The first-order chi connectivity index (χ1) is 13.1. The van der Waals surface area contributed by atoms with Crippen LogP contribution in [0.5, 0.6) is 0 Å². The summed E-state index contributed by atoms with van der Waals surface area (Å²) in [5, 5.41) is 0.472. The van der Waals surface area contributed by atoms with E-state index in [0.29, 0.717) is 34.0 Å². The number of amides is 1. The van der Waals surface area contributed by atoms with E-state index < -0.39 is 9.84 Å². The highest BCUT2D eigenvalue weighted by atomic mass is 35.5. The van der Waals surface area contributed by atoms with Gasteiger partial charge in [-0.1, -0.05) is 11.3 Å². The van der Waals surface area contributed by atoms with Crippen molar-refractivity contribution in [1.82, 2.24) is 9.88 Å². The number of anilines is 1. The van der Waals surface area contributed by atoms with E-state index in [1.165, 1.54) is 52.6 Å². The minimum Gasteiger partial charge on any atom is -0.308 e. The molecular formula is C19H21ClFN3O3S2. The molecule has 0 spiro atoms. The number of fused-ring (bicyclic) bond motifs is 1. The number of benzene rings is 2. The maximum atomic E-state index is 13.5. The van der Waals surface area contributed by atoms with Crippen molar-refractivity contribution in [1.29, 1.82) is 0 Å². The van der Waals surface area contributed by atoms with Crippen molar-refractivity contribution in [2.24, 2.45) is 0 Å². The third-order valence-electron chi connectivity index (χ3n) is 4.12. The number of nitrogens with zero attached hydrogens (tertiary/aromatic N) is 3. The van der Waals surface area contributed by atoms with E-state index in [1.807, 2.05) is 19.0 Å². The lowest BCUT2D eigenvalue weighted by atomic mass is 10.2. The van der Waals surface area contributed by atoms with E-state index in [-0.39, 0.29) is 29.0 Å². The zero-order valence-corrected chi connectivity index (χ0v) is 18.6. The van der Waals surface area contributed by atoms with Crippen LogP contribution in [0.1, 0.15) is 10.4 Å². The Bertz CT molecular complexity index is 1120. The fraction of sp³-hybridized carbons (Fsp3) is 0.263. The van der Waals surface area contributed by atoms with Crippen LogP contribution in [0.15, 0.2) is 47.4 Å². The van der Waals surface area contributed by atoms with Crippen molar-refractivity contribution in [3.8, 4) is 0 Å². The second kappa shape index (κ2) is 9.17. The summed E-state index contributed by atoms with van der Waals surface area (Å²) in [5.74, 6) is -0.647. The van der Waals surface area contributed by atoms with Gasteiger partial charge in [0.15, 0.2) is 15.0 Å². The molecule has 156 valence electrons. The summed E-state index contributed by atoms with van der Waals surface area (Å²) >= 11 is 1.24. The molecule has 0 radical (unpaired) electrons. The van der Waals surface area contributed by atoms with E-state index in [0.717, 1.165) is 6.26 Å². The fourth-order valence-electron chi connectivity index (χ4n) is 2.59. The molecule has 1 heterocycles. The van der Waals surface area contributed by atoms with Crippen molar-refractivity contribution in [2.45, 2.75) is 4.90 Å². The number of carbonyl (C=O) groups is 1. The van der Waals surface area contributed by atoms with E-state index >= 15 is 0 Å². The molecule has 6 nitrogen and oxygen atoms in total. The molecular weight excluding hydrogens is 437 g/mol. The smallest absolute Gasteiger partial charge is 0.260 e. The number of hydrogen-bond acceptors (Lipinski definition) is 6. The van der Waals surface area contributed by atoms with E-state index in [2.05, 4.69) is 4.98 Å². The van der Waals surface area contributed by atoms with Crippen molar-refractivity contribution < 1.29 is 17.6 Å². The number of likely N-dealkylation sites (N-methyl/N-ethyl adjacent to an activating group) is 1. The lowest BCUT2D eigenvalue weighted by Gasteiger charge is -2.22. The van der Waals surface area contributed by atoms with Gasteiger partial charge in [0.1, 0.15) is 5.82 Å². The Morgan fingerprint density at radius 3 is 2.34 bits per heavy atom. The van der Waals surface area contributed by atoms with Crippen LogP contribution in [0.3, 0.4) is 0 Å². The van der Waals surface area contributed by atoms with Crippen LogP contribution in [0.25, 0.3) is 10.2 Å². The number of thiazole rings is 1. The highest BCUT2D eigenvalue weighted by Gasteiger charge is 2.22. The fourth-order valence-corrected chi connectivity index (χ4v) is 4.23. The number of aromatic nitrogens is 1. The van der Waals surface area contributed by atoms with Gasteiger partial charge in [-0.3, -0.25) is 9.69 Å². The summed E-state index contributed by atoms with van der Waals surface area (Å²) in [6.45, 7) is 0.999. The highest BCUT2D eigenvalue weighted by molar-refractivity contribution is 7.90. The maximum absolute atomic E-state index is 13.5. The number of hydrogen-bond donors (Lipinski definition) is 0. The molecule has 0 aliphatic heterocycles. The predicted octanol–water partition coefficient (Wildman–Crippen LogP) is 3.47. The number of halogens is 2. The lowest BCUT2D eigenvalue weighted by Crippen LogP contribution is -2.36. The van der Waals surface area contributed by atoms with Gasteiger partial charge in [0, 0.05) is 24.9 Å². The first-order valence-corrected chi connectivity index (χ1v) is 11.2. The summed E-state index contributed by atoms with van der Waals surface area (Å²) in [6.07, 6.45) is 1.12. The zero-order valence-electron chi connectivity index (χ0n) is 16.1. The number of sulfone groups is 1. The molecule has 0 atom stereocenters. The van der Waals surface area contributed by atoms with E-state index in [9.17, 15) is 17.6 Å². The second-order valence-corrected chi connectivity index (χ2v) is 9.69.